The van der Waals surface area contributed by atoms with E-state index in [-0.39, 0.29) is 23.9 Å². The molecule has 0 bridgehead atoms. The SMILES string of the molecule is Cc1ccccc1N1CCN(C(=O)Cc2c[nH]c(=O)[nH]c2=O)C(C)C1. The second kappa shape index (κ2) is 6.96. The van der Waals surface area contributed by atoms with Crippen LogP contribution in [0.15, 0.2) is 40.1 Å². The summed E-state index contributed by atoms with van der Waals surface area (Å²) in [5.41, 5.74) is 1.61. The average Bonchev–Trinajstić information content (AvgIpc) is 2.57. The zero-order chi connectivity index (χ0) is 18.0. The zero-order valence-corrected chi connectivity index (χ0v) is 14.4. The number of hydrogen-bond donors (Lipinski definition) is 2. The van der Waals surface area contributed by atoms with Gasteiger partial charge in [0.2, 0.25) is 5.91 Å². The Kier molecular flexibility index (Phi) is 4.74. The van der Waals surface area contributed by atoms with Crippen LogP contribution < -0.4 is 16.1 Å². The summed E-state index contributed by atoms with van der Waals surface area (Å²) in [5, 5.41) is 0. The van der Waals surface area contributed by atoms with Crippen molar-refractivity contribution in [1.82, 2.24) is 14.9 Å². The lowest BCUT2D eigenvalue weighted by atomic mass is 10.1. The number of carbonyl (C=O) groups excluding carboxylic acids is 1. The molecule has 25 heavy (non-hydrogen) atoms. The second-order valence-electron chi connectivity index (χ2n) is 6.44. The molecule has 2 heterocycles. The van der Waals surface area contributed by atoms with Gasteiger partial charge < -0.3 is 14.8 Å². The summed E-state index contributed by atoms with van der Waals surface area (Å²) < 4.78 is 0. The van der Waals surface area contributed by atoms with Gasteiger partial charge in [0, 0.05) is 43.1 Å². The molecular weight excluding hydrogens is 320 g/mol. The van der Waals surface area contributed by atoms with Crippen molar-refractivity contribution in [3.05, 3.63) is 62.4 Å². The molecule has 1 atom stereocenters. The Morgan fingerprint density at radius 1 is 1.24 bits per heavy atom. The molecule has 1 fully saturated rings. The van der Waals surface area contributed by atoms with E-state index in [0.717, 1.165) is 13.1 Å². The van der Waals surface area contributed by atoms with Crippen molar-refractivity contribution in [2.45, 2.75) is 26.3 Å². The lowest BCUT2D eigenvalue weighted by Gasteiger charge is -2.41. The van der Waals surface area contributed by atoms with Gasteiger partial charge in [-0.15, -0.1) is 0 Å². The van der Waals surface area contributed by atoms with Gasteiger partial charge in [0.15, 0.2) is 0 Å². The number of aromatic amines is 2. The van der Waals surface area contributed by atoms with Gasteiger partial charge in [-0.2, -0.15) is 0 Å². The van der Waals surface area contributed by atoms with Crippen LogP contribution >= 0.6 is 0 Å². The van der Waals surface area contributed by atoms with Gasteiger partial charge in [-0.25, -0.2) is 4.79 Å². The van der Waals surface area contributed by atoms with Crippen LogP contribution in [-0.4, -0.2) is 46.5 Å². The van der Waals surface area contributed by atoms with E-state index in [1.54, 1.807) is 4.90 Å². The molecule has 1 aromatic carbocycles. The monoisotopic (exact) mass is 342 g/mol. The van der Waals surface area contributed by atoms with Crippen LogP contribution in [0.4, 0.5) is 5.69 Å². The Balaban J connectivity index is 1.69. The molecule has 7 heteroatoms. The third-order valence-electron chi connectivity index (χ3n) is 4.64. The van der Waals surface area contributed by atoms with Crippen LogP contribution in [0, 0.1) is 6.92 Å². The molecule has 0 radical (unpaired) electrons. The van der Waals surface area contributed by atoms with Crippen LogP contribution in [0.1, 0.15) is 18.1 Å². The lowest BCUT2D eigenvalue weighted by Crippen LogP contribution is -2.54. The van der Waals surface area contributed by atoms with Crippen molar-refractivity contribution in [3.8, 4) is 0 Å². The minimum Gasteiger partial charge on any atom is -0.367 e. The Morgan fingerprint density at radius 3 is 2.68 bits per heavy atom. The molecule has 0 aliphatic carbocycles. The number of H-pyrrole nitrogens is 2. The zero-order valence-electron chi connectivity index (χ0n) is 14.4. The summed E-state index contributed by atoms with van der Waals surface area (Å²) >= 11 is 0. The minimum atomic E-state index is -0.568. The van der Waals surface area contributed by atoms with Crippen molar-refractivity contribution < 1.29 is 4.79 Å². The van der Waals surface area contributed by atoms with Gasteiger partial charge in [0.05, 0.1) is 6.42 Å². The number of para-hydroxylation sites is 1. The van der Waals surface area contributed by atoms with E-state index in [4.69, 9.17) is 0 Å². The first kappa shape index (κ1) is 17.0. The number of nitrogens with zero attached hydrogens (tertiary/aromatic N) is 2. The fourth-order valence-electron chi connectivity index (χ4n) is 3.30. The van der Waals surface area contributed by atoms with Gasteiger partial charge in [-0.3, -0.25) is 14.6 Å². The highest BCUT2D eigenvalue weighted by atomic mass is 16.2. The molecule has 1 unspecified atom stereocenters. The number of amides is 1. The maximum Gasteiger partial charge on any atom is 0.325 e. The molecular formula is C18H22N4O3. The quantitative estimate of drug-likeness (QED) is 0.857. The number of rotatable bonds is 3. The Labute approximate surface area is 145 Å². The molecule has 7 nitrogen and oxygen atoms in total. The summed E-state index contributed by atoms with van der Waals surface area (Å²) in [6, 6.07) is 8.26. The second-order valence-corrected chi connectivity index (χ2v) is 6.44. The molecule has 1 aliphatic rings. The summed E-state index contributed by atoms with van der Waals surface area (Å²) in [7, 11) is 0. The molecule has 3 rings (SSSR count). The molecule has 1 aliphatic heterocycles. The summed E-state index contributed by atoms with van der Waals surface area (Å²) in [6.45, 7) is 6.20. The van der Waals surface area contributed by atoms with Crippen LogP contribution in [0.25, 0.3) is 0 Å². The highest BCUT2D eigenvalue weighted by Crippen LogP contribution is 2.23. The topological polar surface area (TPSA) is 89.3 Å². The first-order chi connectivity index (χ1) is 12.0. The average molecular weight is 342 g/mol. The number of nitrogens with one attached hydrogen (secondary N) is 2. The van der Waals surface area contributed by atoms with Gasteiger partial charge in [0.25, 0.3) is 5.56 Å². The number of piperazine rings is 1. The van der Waals surface area contributed by atoms with E-state index in [1.807, 2.05) is 19.1 Å². The number of carbonyl (C=O) groups is 1. The molecule has 132 valence electrons. The largest absolute Gasteiger partial charge is 0.367 e. The third-order valence-corrected chi connectivity index (χ3v) is 4.64. The Morgan fingerprint density at radius 2 is 2.00 bits per heavy atom. The maximum absolute atomic E-state index is 12.6. The van der Waals surface area contributed by atoms with Crippen molar-refractivity contribution >= 4 is 11.6 Å². The van der Waals surface area contributed by atoms with E-state index in [1.165, 1.54) is 17.4 Å². The van der Waals surface area contributed by atoms with E-state index in [9.17, 15) is 14.4 Å². The van der Waals surface area contributed by atoms with Crippen LogP contribution in [-0.2, 0) is 11.2 Å². The van der Waals surface area contributed by atoms with E-state index >= 15 is 0 Å². The standard InChI is InChI=1S/C18H22N4O3/c1-12-5-3-4-6-15(12)21-7-8-22(13(2)11-21)16(23)9-14-10-19-18(25)20-17(14)24/h3-6,10,13H,7-9,11H2,1-2H3,(H2,19,20,24,25). The van der Waals surface area contributed by atoms with E-state index in [0.29, 0.717) is 6.54 Å². The first-order valence-corrected chi connectivity index (χ1v) is 8.36. The summed E-state index contributed by atoms with van der Waals surface area (Å²) in [6.07, 6.45) is 1.30. The van der Waals surface area contributed by atoms with Crippen LogP contribution in [0.2, 0.25) is 0 Å². The summed E-state index contributed by atoms with van der Waals surface area (Å²) in [5.74, 6) is -0.102. The normalized spacial score (nSPS) is 17.6. The van der Waals surface area contributed by atoms with Gasteiger partial charge in [-0.1, -0.05) is 18.2 Å². The Hall–Kier alpha value is -2.83. The van der Waals surface area contributed by atoms with Gasteiger partial charge in [-0.05, 0) is 25.5 Å². The van der Waals surface area contributed by atoms with Crippen molar-refractivity contribution in [1.29, 1.82) is 0 Å². The van der Waals surface area contributed by atoms with Crippen molar-refractivity contribution in [2.24, 2.45) is 0 Å². The number of anilines is 1. The molecule has 1 amide bonds. The number of hydrogen-bond acceptors (Lipinski definition) is 4. The van der Waals surface area contributed by atoms with Crippen molar-refractivity contribution in [2.75, 3.05) is 24.5 Å². The molecule has 0 saturated carbocycles. The highest BCUT2D eigenvalue weighted by molar-refractivity contribution is 5.79. The van der Waals surface area contributed by atoms with Crippen LogP contribution in [0.5, 0.6) is 0 Å². The fraction of sp³-hybridized carbons (Fsp3) is 0.389. The third kappa shape index (κ3) is 3.65. The molecule has 1 saturated heterocycles. The fourth-order valence-corrected chi connectivity index (χ4v) is 3.30. The molecule has 1 aromatic heterocycles. The maximum atomic E-state index is 12.6. The highest BCUT2D eigenvalue weighted by Gasteiger charge is 2.28. The van der Waals surface area contributed by atoms with Crippen molar-refractivity contribution in [3.63, 3.8) is 0 Å². The first-order valence-electron chi connectivity index (χ1n) is 8.36. The van der Waals surface area contributed by atoms with Gasteiger partial charge in [0.1, 0.15) is 0 Å². The smallest absolute Gasteiger partial charge is 0.325 e. The molecule has 2 N–H and O–H groups in total. The van der Waals surface area contributed by atoms with Gasteiger partial charge >= 0.3 is 5.69 Å². The Bertz CT molecular complexity index is 886. The predicted octanol–water partition coefficient (Wildman–Crippen LogP) is 0.651. The molecule has 0 spiro atoms. The minimum absolute atomic E-state index is 0.0131. The van der Waals surface area contributed by atoms with E-state index < -0.39 is 11.2 Å². The number of aromatic nitrogens is 2. The van der Waals surface area contributed by atoms with Crippen LogP contribution in [0.3, 0.4) is 0 Å². The van der Waals surface area contributed by atoms with E-state index in [2.05, 4.69) is 33.9 Å². The number of benzene rings is 1. The summed E-state index contributed by atoms with van der Waals surface area (Å²) in [4.78, 5) is 44.1. The predicted molar refractivity (Wildman–Crippen MR) is 96.0 cm³/mol. The lowest BCUT2D eigenvalue weighted by molar-refractivity contribution is -0.132. The number of aryl methyl sites for hydroxylation is 1. The molecule has 2 aromatic rings.